The van der Waals surface area contributed by atoms with Crippen molar-refractivity contribution in [3.63, 3.8) is 0 Å². The molecule has 1 aliphatic rings. The van der Waals surface area contributed by atoms with Crippen LogP contribution in [0.15, 0.2) is 18.2 Å². The molecular weight excluding hydrogens is 227 g/mol. The summed E-state index contributed by atoms with van der Waals surface area (Å²) < 4.78 is 14.0. The molecule has 0 radical (unpaired) electrons. The molecule has 0 bridgehead atoms. The van der Waals surface area contributed by atoms with Gasteiger partial charge in [-0.3, -0.25) is 4.90 Å². The molecule has 0 amide bonds. The van der Waals surface area contributed by atoms with Gasteiger partial charge >= 0.3 is 0 Å². The third kappa shape index (κ3) is 2.73. The van der Waals surface area contributed by atoms with E-state index in [1.54, 1.807) is 6.07 Å². The summed E-state index contributed by atoms with van der Waals surface area (Å²) in [5, 5.41) is 0. The Morgan fingerprint density at radius 1 is 1.44 bits per heavy atom. The van der Waals surface area contributed by atoms with Crippen LogP contribution in [0.1, 0.15) is 37.4 Å². The minimum absolute atomic E-state index is 0.0345. The van der Waals surface area contributed by atoms with Crippen LogP contribution in [0.25, 0.3) is 0 Å². The van der Waals surface area contributed by atoms with Gasteiger partial charge in [0.2, 0.25) is 0 Å². The van der Waals surface area contributed by atoms with E-state index in [0.29, 0.717) is 5.92 Å². The van der Waals surface area contributed by atoms with Crippen LogP contribution in [-0.4, -0.2) is 24.0 Å². The van der Waals surface area contributed by atoms with Crippen LogP contribution in [0, 0.1) is 18.7 Å². The summed E-state index contributed by atoms with van der Waals surface area (Å²) in [4.78, 5) is 2.33. The van der Waals surface area contributed by atoms with Crippen LogP contribution in [0.5, 0.6) is 0 Å². The molecular formula is C15H23FN2. The second kappa shape index (κ2) is 5.37. The maximum atomic E-state index is 14.0. The van der Waals surface area contributed by atoms with Crippen molar-refractivity contribution in [2.24, 2.45) is 11.7 Å². The summed E-state index contributed by atoms with van der Waals surface area (Å²) >= 11 is 0. The maximum Gasteiger partial charge on any atom is 0.128 e. The summed E-state index contributed by atoms with van der Waals surface area (Å²) in [7, 11) is 0. The van der Waals surface area contributed by atoms with Crippen LogP contribution in [0.2, 0.25) is 0 Å². The van der Waals surface area contributed by atoms with E-state index in [9.17, 15) is 4.39 Å². The van der Waals surface area contributed by atoms with Crippen LogP contribution in [0.3, 0.4) is 0 Å². The number of nitrogens with zero attached hydrogens (tertiary/aromatic N) is 1. The lowest BCUT2D eigenvalue weighted by molar-refractivity contribution is 0.217. The number of hydrogen-bond donors (Lipinski definition) is 1. The standard InChI is InChI=1S/C15H23FN2/c1-10(2)9-18-7-6-14(17)15(18)12-8-11(3)4-5-13(12)16/h4-5,8,10,14-15H,6-7,9,17H2,1-3H3. The summed E-state index contributed by atoms with van der Waals surface area (Å²) in [5.41, 5.74) is 8.04. The Morgan fingerprint density at radius 3 is 2.83 bits per heavy atom. The van der Waals surface area contributed by atoms with E-state index in [-0.39, 0.29) is 17.9 Å². The lowest BCUT2D eigenvalue weighted by Gasteiger charge is -2.29. The summed E-state index contributed by atoms with van der Waals surface area (Å²) in [6.45, 7) is 8.32. The van der Waals surface area contributed by atoms with Crippen molar-refractivity contribution in [3.05, 3.63) is 35.1 Å². The van der Waals surface area contributed by atoms with Gasteiger partial charge in [0.05, 0.1) is 6.04 Å². The van der Waals surface area contributed by atoms with Crippen molar-refractivity contribution in [3.8, 4) is 0 Å². The molecule has 1 saturated heterocycles. The monoisotopic (exact) mass is 250 g/mol. The van der Waals surface area contributed by atoms with Crippen molar-refractivity contribution in [1.82, 2.24) is 4.90 Å². The van der Waals surface area contributed by atoms with Gasteiger partial charge in [-0.05, 0) is 25.3 Å². The zero-order valence-electron chi connectivity index (χ0n) is 11.5. The first kappa shape index (κ1) is 13.5. The minimum atomic E-state index is -0.128. The first-order chi connectivity index (χ1) is 8.49. The molecule has 3 heteroatoms. The van der Waals surface area contributed by atoms with Gasteiger partial charge in [0.15, 0.2) is 0 Å². The molecule has 2 nitrogen and oxygen atoms in total. The zero-order chi connectivity index (χ0) is 13.3. The fourth-order valence-corrected chi connectivity index (χ4v) is 2.87. The zero-order valence-corrected chi connectivity index (χ0v) is 11.5. The first-order valence-electron chi connectivity index (χ1n) is 6.74. The molecule has 2 rings (SSSR count). The predicted molar refractivity (Wildman–Crippen MR) is 72.9 cm³/mol. The van der Waals surface area contributed by atoms with Gasteiger partial charge in [0, 0.05) is 24.7 Å². The van der Waals surface area contributed by atoms with Gasteiger partial charge in [0.25, 0.3) is 0 Å². The average Bonchev–Trinajstić information content (AvgIpc) is 2.63. The second-order valence-corrected chi connectivity index (χ2v) is 5.81. The smallest absolute Gasteiger partial charge is 0.128 e. The van der Waals surface area contributed by atoms with Crippen LogP contribution in [0.4, 0.5) is 4.39 Å². The lowest BCUT2D eigenvalue weighted by Crippen LogP contribution is -2.34. The molecule has 0 spiro atoms. The SMILES string of the molecule is Cc1ccc(F)c(C2C(N)CCN2CC(C)C)c1. The Bertz CT molecular complexity index is 417. The molecule has 2 atom stereocenters. The van der Waals surface area contributed by atoms with Crippen LogP contribution in [-0.2, 0) is 0 Å². The molecule has 0 aliphatic carbocycles. The van der Waals surface area contributed by atoms with Gasteiger partial charge in [0.1, 0.15) is 5.82 Å². The summed E-state index contributed by atoms with van der Waals surface area (Å²) in [6, 6.07) is 5.39. The van der Waals surface area contributed by atoms with Crippen molar-refractivity contribution in [2.75, 3.05) is 13.1 Å². The lowest BCUT2D eigenvalue weighted by atomic mass is 9.98. The number of benzene rings is 1. The highest BCUT2D eigenvalue weighted by Gasteiger charge is 2.34. The number of aryl methyl sites for hydroxylation is 1. The molecule has 100 valence electrons. The first-order valence-corrected chi connectivity index (χ1v) is 6.74. The van der Waals surface area contributed by atoms with Crippen molar-refractivity contribution in [2.45, 2.75) is 39.3 Å². The molecule has 1 fully saturated rings. The van der Waals surface area contributed by atoms with E-state index in [2.05, 4.69) is 18.7 Å². The van der Waals surface area contributed by atoms with Gasteiger partial charge in [-0.2, -0.15) is 0 Å². The van der Waals surface area contributed by atoms with E-state index in [1.165, 1.54) is 0 Å². The number of nitrogens with two attached hydrogens (primary N) is 1. The number of hydrogen-bond acceptors (Lipinski definition) is 2. The van der Waals surface area contributed by atoms with Crippen molar-refractivity contribution < 1.29 is 4.39 Å². The minimum Gasteiger partial charge on any atom is -0.326 e. The highest BCUT2D eigenvalue weighted by molar-refractivity contribution is 5.29. The fraction of sp³-hybridized carbons (Fsp3) is 0.600. The Kier molecular flexibility index (Phi) is 4.03. The van der Waals surface area contributed by atoms with Gasteiger partial charge < -0.3 is 5.73 Å². The molecule has 1 aliphatic heterocycles. The highest BCUT2D eigenvalue weighted by atomic mass is 19.1. The van der Waals surface area contributed by atoms with E-state index < -0.39 is 0 Å². The Labute approximate surface area is 109 Å². The number of rotatable bonds is 3. The van der Waals surface area contributed by atoms with Gasteiger partial charge in [-0.1, -0.05) is 31.5 Å². The van der Waals surface area contributed by atoms with E-state index >= 15 is 0 Å². The summed E-state index contributed by atoms with van der Waals surface area (Å²) in [6.07, 6.45) is 0.949. The quantitative estimate of drug-likeness (QED) is 0.893. The molecule has 2 N–H and O–H groups in total. The molecule has 2 unspecified atom stereocenters. The molecule has 18 heavy (non-hydrogen) atoms. The predicted octanol–water partition coefficient (Wildman–Crippen LogP) is 2.86. The Morgan fingerprint density at radius 2 is 2.17 bits per heavy atom. The second-order valence-electron chi connectivity index (χ2n) is 5.81. The number of likely N-dealkylation sites (tertiary alicyclic amines) is 1. The Balaban J connectivity index is 2.30. The maximum absolute atomic E-state index is 14.0. The molecule has 0 aromatic heterocycles. The molecule has 1 heterocycles. The highest BCUT2D eigenvalue weighted by Crippen LogP contribution is 2.33. The molecule has 1 aromatic rings. The molecule has 1 aromatic carbocycles. The van der Waals surface area contributed by atoms with Crippen LogP contribution >= 0.6 is 0 Å². The summed E-state index contributed by atoms with van der Waals surface area (Å²) in [5.74, 6) is 0.447. The average molecular weight is 250 g/mol. The van der Waals surface area contributed by atoms with Gasteiger partial charge in [-0.25, -0.2) is 4.39 Å². The normalized spacial score (nSPS) is 25.0. The van der Waals surface area contributed by atoms with Crippen molar-refractivity contribution >= 4 is 0 Å². The number of halogens is 1. The van der Waals surface area contributed by atoms with Crippen LogP contribution < -0.4 is 5.73 Å². The van der Waals surface area contributed by atoms with Crippen molar-refractivity contribution in [1.29, 1.82) is 0 Å². The topological polar surface area (TPSA) is 29.3 Å². The van der Waals surface area contributed by atoms with E-state index in [1.807, 2.05) is 19.1 Å². The fourth-order valence-electron chi connectivity index (χ4n) is 2.87. The van der Waals surface area contributed by atoms with Gasteiger partial charge in [-0.15, -0.1) is 0 Å². The van der Waals surface area contributed by atoms with E-state index in [0.717, 1.165) is 30.6 Å². The largest absolute Gasteiger partial charge is 0.326 e. The molecule has 0 saturated carbocycles. The Hall–Kier alpha value is -0.930. The van der Waals surface area contributed by atoms with E-state index in [4.69, 9.17) is 5.73 Å². The third-order valence-electron chi connectivity index (χ3n) is 3.62. The third-order valence-corrected chi connectivity index (χ3v) is 3.62.